The fraction of sp³-hybridized carbons (Fsp3) is 0.529. The predicted molar refractivity (Wildman–Crippen MR) is 87.8 cm³/mol. The van der Waals surface area contributed by atoms with Gasteiger partial charge in [-0.25, -0.2) is 0 Å². The van der Waals surface area contributed by atoms with Gasteiger partial charge in [0.05, 0.1) is 0 Å². The normalized spacial score (nSPS) is 35.5. The third-order valence-electron chi connectivity index (χ3n) is 5.33. The summed E-state index contributed by atoms with van der Waals surface area (Å²) in [6.07, 6.45) is 4.75. The van der Waals surface area contributed by atoms with Crippen molar-refractivity contribution < 1.29 is 9.13 Å². The first kappa shape index (κ1) is 15.4. The molecule has 0 N–H and O–H groups in total. The van der Waals surface area contributed by atoms with Gasteiger partial charge in [0.2, 0.25) is 6.04 Å². The van der Waals surface area contributed by atoms with Crippen molar-refractivity contribution in [1.82, 2.24) is 0 Å². The number of hydrogen-bond donors (Lipinski definition) is 0. The molecule has 3 rings (SSSR count). The van der Waals surface area contributed by atoms with Gasteiger partial charge in [-0.2, -0.15) is 0 Å². The maximum absolute atomic E-state index is 13.0. The first-order valence-corrected chi connectivity index (χ1v) is 9.01. The summed E-state index contributed by atoms with van der Waals surface area (Å²) in [6, 6.07) is 9.22. The summed E-state index contributed by atoms with van der Waals surface area (Å²) in [6.45, 7) is 3.89. The smallest absolute Gasteiger partial charge is 0.236 e. The Bertz CT molecular complexity index is 630. The van der Waals surface area contributed by atoms with Crippen LogP contribution in [0.5, 0.6) is 0 Å². The molecule has 2 aliphatic carbocycles. The van der Waals surface area contributed by atoms with E-state index in [9.17, 15) is 14.3 Å². The molecular weight excluding hydrogens is 298 g/mol. The van der Waals surface area contributed by atoms with Crippen molar-refractivity contribution in [2.24, 2.45) is 11.8 Å². The second kappa shape index (κ2) is 5.61. The Morgan fingerprint density at radius 1 is 1.36 bits per heavy atom. The number of nitrogens with zero attached hydrogens (tertiary/aromatic N) is 1. The number of benzene rings is 1. The molecule has 6 atom stereocenters. The Morgan fingerprint density at radius 3 is 2.68 bits per heavy atom. The monoisotopic (exact) mass is 319 g/mol. The molecule has 1 aromatic rings. The van der Waals surface area contributed by atoms with Crippen LogP contribution in [0.25, 0.3) is 0 Å². The van der Waals surface area contributed by atoms with Gasteiger partial charge in [0.15, 0.2) is 0 Å². The van der Waals surface area contributed by atoms with Crippen molar-refractivity contribution in [3.05, 3.63) is 58.2 Å². The van der Waals surface area contributed by atoms with Crippen LogP contribution in [0.2, 0.25) is 0 Å². The lowest BCUT2D eigenvalue weighted by Crippen LogP contribution is -2.51. The van der Waals surface area contributed by atoms with E-state index in [0.717, 1.165) is 12.0 Å². The summed E-state index contributed by atoms with van der Waals surface area (Å²) in [7, 11) is -1.23. The summed E-state index contributed by atoms with van der Waals surface area (Å²) < 4.78 is 12.3. The van der Waals surface area contributed by atoms with Crippen LogP contribution in [0.3, 0.4) is 0 Å². The summed E-state index contributed by atoms with van der Waals surface area (Å²) >= 11 is 0. The Morgan fingerprint density at radius 2 is 2.05 bits per heavy atom. The number of fused-ring (bicyclic) bond motifs is 2. The molecule has 22 heavy (non-hydrogen) atoms. The molecule has 0 heterocycles. The zero-order valence-corrected chi connectivity index (χ0v) is 13.7. The van der Waals surface area contributed by atoms with E-state index in [1.54, 1.807) is 0 Å². The molecule has 0 aromatic heterocycles. The lowest BCUT2D eigenvalue weighted by atomic mass is 9.90. The van der Waals surface area contributed by atoms with E-state index in [1.807, 2.05) is 56.3 Å². The van der Waals surface area contributed by atoms with Gasteiger partial charge in [0.1, 0.15) is 4.75 Å². The van der Waals surface area contributed by atoms with Crippen LogP contribution < -0.4 is 0 Å². The highest BCUT2D eigenvalue weighted by molar-refractivity contribution is 7.86. The van der Waals surface area contributed by atoms with Gasteiger partial charge in [-0.1, -0.05) is 49.4 Å². The molecule has 0 amide bonds. The first-order chi connectivity index (χ1) is 10.4. The van der Waals surface area contributed by atoms with Gasteiger partial charge < -0.3 is 0 Å². The van der Waals surface area contributed by atoms with Crippen LogP contribution in [0, 0.1) is 22.0 Å². The average molecular weight is 319 g/mol. The van der Waals surface area contributed by atoms with Crippen molar-refractivity contribution in [2.45, 2.75) is 37.0 Å². The van der Waals surface area contributed by atoms with Crippen LogP contribution in [-0.2, 0) is 10.8 Å². The second-order valence-corrected chi connectivity index (χ2v) is 8.53. The largest absolute Gasteiger partial charge is 0.264 e. The molecule has 0 saturated heterocycles. The molecule has 0 aliphatic heterocycles. The van der Waals surface area contributed by atoms with Crippen molar-refractivity contribution in [3.8, 4) is 0 Å². The van der Waals surface area contributed by atoms with Crippen LogP contribution in [0.1, 0.15) is 31.7 Å². The highest BCUT2D eigenvalue weighted by Crippen LogP contribution is 2.51. The lowest BCUT2D eigenvalue weighted by Gasteiger charge is -2.33. The molecule has 4 nitrogen and oxygen atoms in total. The number of hydrogen-bond acceptors (Lipinski definition) is 3. The van der Waals surface area contributed by atoms with Gasteiger partial charge in [0.25, 0.3) is 0 Å². The number of nitro groups is 1. The van der Waals surface area contributed by atoms with E-state index in [1.165, 1.54) is 0 Å². The maximum Gasteiger partial charge on any atom is 0.236 e. The van der Waals surface area contributed by atoms with E-state index in [0.29, 0.717) is 5.75 Å². The van der Waals surface area contributed by atoms with Crippen molar-refractivity contribution >= 4 is 10.8 Å². The molecule has 5 heteroatoms. The quantitative estimate of drug-likeness (QED) is 0.476. The molecule has 1 aromatic carbocycles. The van der Waals surface area contributed by atoms with Gasteiger partial charge >= 0.3 is 0 Å². The van der Waals surface area contributed by atoms with Crippen LogP contribution in [-0.4, -0.2) is 25.7 Å². The second-order valence-electron chi connectivity index (χ2n) is 6.63. The molecule has 118 valence electrons. The summed E-state index contributed by atoms with van der Waals surface area (Å²) in [5.41, 5.74) is 1.14. The van der Waals surface area contributed by atoms with Gasteiger partial charge in [-0.3, -0.25) is 14.3 Å². The minimum atomic E-state index is -1.23. The predicted octanol–water partition coefficient (Wildman–Crippen LogP) is 3.15. The van der Waals surface area contributed by atoms with Crippen LogP contribution in [0.15, 0.2) is 42.5 Å². The van der Waals surface area contributed by atoms with E-state index in [2.05, 4.69) is 0 Å². The van der Waals surface area contributed by atoms with Crippen molar-refractivity contribution in [2.75, 3.05) is 5.75 Å². The molecular formula is C17H21NO3S. The number of allylic oxidation sites excluding steroid dienone is 1. The minimum absolute atomic E-state index is 0.0546. The Labute approximate surface area is 133 Å². The molecule has 1 saturated carbocycles. The topological polar surface area (TPSA) is 60.2 Å². The minimum Gasteiger partial charge on any atom is -0.264 e. The lowest BCUT2D eigenvalue weighted by molar-refractivity contribution is -0.531. The standard InChI is InChI=1S/C17H21NO3S/c1-12(13-6-4-3-5-7-13)11-22(21)17(2)15-9-8-14(10-15)16(17)18(19)20/h3-9,12,14-16H,10-11H2,1-2H3/t12-,14+,15-,16-,17-,22-/m1/s1. The fourth-order valence-electron chi connectivity index (χ4n) is 3.98. The Hall–Kier alpha value is -1.49. The van der Waals surface area contributed by atoms with Gasteiger partial charge in [-0.05, 0) is 24.8 Å². The molecule has 0 radical (unpaired) electrons. The highest BCUT2D eigenvalue weighted by Gasteiger charge is 2.63. The highest BCUT2D eigenvalue weighted by atomic mass is 32.2. The molecule has 2 bridgehead atoms. The van der Waals surface area contributed by atoms with E-state index < -0.39 is 21.6 Å². The third-order valence-corrected chi connectivity index (χ3v) is 7.66. The van der Waals surface area contributed by atoms with Gasteiger partial charge in [-0.15, -0.1) is 0 Å². The molecule has 1 fully saturated rings. The Balaban J connectivity index is 1.82. The Kier molecular flexibility index (Phi) is 3.93. The zero-order chi connectivity index (χ0) is 15.9. The van der Waals surface area contributed by atoms with Crippen LogP contribution >= 0.6 is 0 Å². The average Bonchev–Trinajstić information content (AvgIpc) is 3.07. The summed E-state index contributed by atoms with van der Waals surface area (Å²) in [5.74, 6) is 0.620. The summed E-state index contributed by atoms with van der Waals surface area (Å²) in [4.78, 5) is 11.3. The molecule has 0 unspecified atom stereocenters. The zero-order valence-electron chi connectivity index (χ0n) is 12.8. The first-order valence-electron chi connectivity index (χ1n) is 7.69. The molecule has 0 spiro atoms. The van der Waals surface area contributed by atoms with Gasteiger partial charge in [0, 0.05) is 33.3 Å². The van der Waals surface area contributed by atoms with Crippen molar-refractivity contribution in [1.29, 1.82) is 0 Å². The van der Waals surface area contributed by atoms with Crippen LogP contribution in [0.4, 0.5) is 0 Å². The number of rotatable bonds is 5. The summed E-state index contributed by atoms with van der Waals surface area (Å²) in [5, 5.41) is 11.5. The van der Waals surface area contributed by atoms with E-state index in [-0.39, 0.29) is 22.7 Å². The van der Waals surface area contributed by atoms with E-state index >= 15 is 0 Å². The maximum atomic E-state index is 13.0. The van der Waals surface area contributed by atoms with E-state index in [4.69, 9.17) is 0 Å². The fourth-order valence-corrected chi connectivity index (χ4v) is 6.03. The third kappa shape index (κ3) is 2.32. The SMILES string of the molecule is C[C@H](C[S@@](=O)[C@]1(C)[C@@H]2C=C[C@@H](C2)[C@H]1[N+](=O)[O-])c1ccccc1. The van der Waals surface area contributed by atoms with Crippen molar-refractivity contribution in [3.63, 3.8) is 0 Å². The molecule has 2 aliphatic rings.